The van der Waals surface area contributed by atoms with Crippen LogP contribution in [0, 0.1) is 6.92 Å². The molecule has 4 nitrogen and oxygen atoms in total. The fourth-order valence-electron chi connectivity index (χ4n) is 3.88. The summed E-state index contributed by atoms with van der Waals surface area (Å²) in [7, 11) is 1.65. The Kier molecular flexibility index (Phi) is 7.46. The number of fused-ring (bicyclic) bond motifs is 1. The number of methoxy groups -OCH3 is 1. The maximum absolute atomic E-state index is 6.22. The molecule has 0 saturated heterocycles. The van der Waals surface area contributed by atoms with E-state index in [4.69, 9.17) is 26.1 Å². The summed E-state index contributed by atoms with van der Waals surface area (Å²) in [5.41, 5.74) is 6.41. The number of hydrogen-bond donors (Lipinski definition) is 1. The van der Waals surface area contributed by atoms with Crippen LogP contribution in [0.5, 0.6) is 11.5 Å². The molecule has 0 aliphatic heterocycles. The summed E-state index contributed by atoms with van der Waals surface area (Å²) < 4.78 is 14.0. The lowest BCUT2D eigenvalue weighted by molar-refractivity contribution is 0.281. The normalized spacial score (nSPS) is 11.0. The Bertz CT molecular complexity index is 1500. The second-order valence-corrected chi connectivity index (χ2v) is 10.7. The SMILES string of the molecule is COc1ccc(Br)c(CNc2ccc(-c3nc4ccc(C)cc4s3)cc2)c1OCc1ccc(Cl)cc1. The number of aryl methyl sites for hydroxylation is 1. The van der Waals surface area contributed by atoms with Crippen LogP contribution in [0.25, 0.3) is 20.8 Å². The number of hydrogen-bond acceptors (Lipinski definition) is 5. The molecule has 182 valence electrons. The molecule has 0 saturated carbocycles. The number of nitrogens with one attached hydrogen (secondary N) is 1. The standard InChI is InChI=1S/C29H24BrClN2O2S/c1-18-3-13-25-27(15-18)36-29(33-25)20-6-10-22(11-7-20)32-16-23-24(30)12-14-26(34-2)28(23)35-17-19-4-8-21(31)9-5-19/h3-15,32H,16-17H2,1-2H3. The van der Waals surface area contributed by atoms with Gasteiger partial charge in [-0.2, -0.15) is 0 Å². The molecule has 36 heavy (non-hydrogen) atoms. The van der Waals surface area contributed by atoms with Gasteiger partial charge in [-0.3, -0.25) is 0 Å². The van der Waals surface area contributed by atoms with E-state index < -0.39 is 0 Å². The first-order chi connectivity index (χ1) is 17.5. The van der Waals surface area contributed by atoms with Gasteiger partial charge in [-0.1, -0.05) is 45.7 Å². The topological polar surface area (TPSA) is 43.4 Å². The van der Waals surface area contributed by atoms with Crippen LogP contribution in [0.2, 0.25) is 5.02 Å². The average Bonchev–Trinajstić information content (AvgIpc) is 3.31. The molecular weight excluding hydrogens is 556 g/mol. The highest BCUT2D eigenvalue weighted by Crippen LogP contribution is 2.38. The quantitative estimate of drug-likeness (QED) is 0.199. The largest absolute Gasteiger partial charge is 0.493 e. The van der Waals surface area contributed by atoms with Crippen molar-refractivity contribution < 1.29 is 9.47 Å². The molecular formula is C29H24BrClN2O2S. The molecule has 0 amide bonds. The van der Waals surface area contributed by atoms with Gasteiger partial charge in [-0.05, 0) is 78.7 Å². The Hall–Kier alpha value is -3.06. The molecule has 0 aliphatic carbocycles. The van der Waals surface area contributed by atoms with Crippen molar-refractivity contribution in [2.75, 3.05) is 12.4 Å². The van der Waals surface area contributed by atoms with Crippen molar-refractivity contribution in [3.05, 3.63) is 105 Å². The van der Waals surface area contributed by atoms with Gasteiger partial charge in [0, 0.05) is 32.9 Å². The highest BCUT2D eigenvalue weighted by Gasteiger charge is 2.15. The Morgan fingerprint density at radius 1 is 0.972 bits per heavy atom. The van der Waals surface area contributed by atoms with Crippen LogP contribution in [0.1, 0.15) is 16.7 Å². The van der Waals surface area contributed by atoms with Gasteiger partial charge in [-0.25, -0.2) is 4.98 Å². The molecule has 5 rings (SSSR count). The second-order valence-electron chi connectivity index (χ2n) is 8.39. The van der Waals surface area contributed by atoms with Gasteiger partial charge >= 0.3 is 0 Å². The minimum absolute atomic E-state index is 0.410. The summed E-state index contributed by atoms with van der Waals surface area (Å²) in [6.07, 6.45) is 0. The molecule has 1 aromatic heterocycles. The van der Waals surface area contributed by atoms with Crippen molar-refractivity contribution in [2.45, 2.75) is 20.1 Å². The van der Waals surface area contributed by atoms with Gasteiger partial charge in [0.1, 0.15) is 11.6 Å². The molecule has 1 N–H and O–H groups in total. The summed E-state index contributed by atoms with van der Waals surface area (Å²) in [4.78, 5) is 4.79. The molecule has 0 bridgehead atoms. The van der Waals surface area contributed by atoms with E-state index in [0.717, 1.165) is 37.4 Å². The maximum atomic E-state index is 6.22. The summed E-state index contributed by atoms with van der Waals surface area (Å²) in [5, 5.41) is 5.24. The van der Waals surface area contributed by atoms with Crippen LogP contribution in [0.15, 0.2) is 83.3 Å². The third-order valence-corrected chi connectivity index (χ3v) is 7.89. The van der Waals surface area contributed by atoms with Gasteiger partial charge in [0.2, 0.25) is 0 Å². The minimum atomic E-state index is 0.410. The van der Waals surface area contributed by atoms with Crippen molar-refractivity contribution in [1.82, 2.24) is 4.98 Å². The third kappa shape index (κ3) is 5.51. The monoisotopic (exact) mass is 578 g/mol. The van der Waals surface area contributed by atoms with E-state index in [9.17, 15) is 0 Å². The molecule has 4 aromatic carbocycles. The Morgan fingerprint density at radius 2 is 1.75 bits per heavy atom. The van der Waals surface area contributed by atoms with Gasteiger partial charge < -0.3 is 14.8 Å². The number of halogens is 2. The number of rotatable bonds is 8. The summed E-state index contributed by atoms with van der Waals surface area (Å²) in [6.45, 7) is 3.08. The predicted molar refractivity (Wildman–Crippen MR) is 154 cm³/mol. The third-order valence-electron chi connectivity index (χ3n) is 5.83. The van der Waals surface area contributed by atoms with E-state index in [1.54, 1.807) is 18.4 Å². The van der Waals surface area contributed by atoms with E-state index in [1.165, 1.54) is 10.3 Å². The number of thiazole rings is 1. The van der Waals surface area contributed by atoms with E-state index in [0.29, 0.717) is 29.7 Å². The van der Waals surface area contributed by atoms with E-state index in [-0.39, 0.29) is 0 Å². The van der Waals surface area contributed by atoms with Crippen molar-refractivity contribution >= 4 is 54.8 Å². The molecule has 0 fully saturated rings. The Labute approximate surface area is 228 Å². The highest BCUT2D eigenvalue weighted by atomic mass is 79.9. The fourth-order valence-corrected chi connectivity index (χ4v) is 5.53. The molecule has 0 atom stereocenters. The average molecular weight is 580 g/mol. The fraction of sp³-hybridized carbons (Fsp3) is 0.138. The zero-order valence-corrected chi connectivity index (χ0v) is 23.0. The van der Waals surface area contributed by atoms with Crippen LogP contribution in [0.4, 0.5) is 5.69 Å². The first-order valence-corrected chi connectivity index (χ1v) is 13.4. The Balaban J connectivity index is 1.32. The van der Waals surface area contributed by atoms with Crippen LogP contribution < -0.4 is 14.8 Å². The molecule has 7 heteroatoms. The van der Waals surface area contributed by atoms with Gasteiger partial charge in [-0.15, -0.1) is 11.3 Å². The van der Waals surface area contributed by atoms with Crippen LogP contribution in [-0.2, 0) is 13.2 Å². The lowest BCUT2D eigenvalue weighted by atomic mass is 10.1. The number of anilines is 1. The summed E-state index contributed by atoms with van der Waals surface area (Å²) in [5.74, 6) is 1.39. The van der Waals surface area contributed by atoms with Crippen molar-refractivity contribution in [2.24, 2.45) is 0 Å². The van der Waals surface area contributed by atoms with E-state index in [2.05, 4.69) is 70.6 Å². The zero-order chi connectivity index (χ0) is 25.1. The van der Waals surface area contributed by atoms with Crippen LogP contribution in [0.3, 0.4) is 0 Å². The lowest BCUT2D eigenvalue weighted by Crippen LogP contribution is -2.06. The first kappa shape index (κ1) is 24.6. The van der Waals surface area contributed by atoms with Crippen molar-refractivity contribution in [1.29, 1.82) is 0 Å². The van der Waals surface area contributed by atoms with Gasteiger partial charge in [0.25, 0.3) is 0 Å². The molecule has 0 aliphatic rings. The predicted octanol–water partition coefficient (Wildman–Crippen LogP) is 8.89. The molecule has 1 heterocycles. The minimum Gasteiger partial charge on any atom is -0.493 e. The van der Waals surface area contributed by atoms with Gasteiger partial charge in [0.05, 0.1) is 17.3 Å². The Morgan fingerprint density at radius 3 is 2.50 bits per heavy atom. The zero-order valence-electron chi connectivity index (χ0n) is 19.8. The number of ether oxygens (including phenoxy) is 2. The lowest BCUT2D eigenvalue weighted by Gasteiger charge is -2.18. The summed E-state index contributed by atoms with van der Waals surface area (Å²) in [6, 6.07) is 26.2. The van der Waals surface area contributed by atoms with Crippen molar-refractivity contribution in [3.63, 3.8) is 0 Å². The van der Waals surface area contributed by atoms with E-state index in [1.807, 2.05) is 36.4 Å². The van der Waals surface area contributed by atoms with Crippen molar-refractivity contribution in [3.8, 4) is 22.1 Å². The number of nitrogens with zero attached hydrogens (tertiary/aromatic N) is 1. The first-order valence-electron chi connectivity index (χ1n) is 11.4. The number of aromatic nitrogens is 1. The summed E-state index contributed by atoms with van der Waals surface area (Å²) >= 11 is 11.4. The maximum Gasteiger partial charge on any atom is 0.167 e. The van der Waals surface area contributed by atoms with Gasteiger partial charge in [0.15, 0.2) is 11.5 Å². The van der Waals surface area contributed by atoms with E-state index >= 15 is 0 Å². The highest BCUT2D eigenvalue weighted by molar-refractivity contribution is 9.10. The van der Waals surface area contributed by atoms with Crippen LogP contribution in [-0.4, -0.2) is 12.1 Å². The number of benzene rings is 4. The molecule has 0 radical (unpaired) electrons. The second kappa shape index (κ2) is 10.9. The smallest absolute Gasteiger partial charge is 0.167 e. The van der Waals surface area contributed by atoms with Crippen LogP contribution >= 0.6 is 38.9 Å². The molecule has 0 spiro atoms. The molecule has 5 aromatic rings. The molecule has 0 unspecified atom stereocenters.